The Morgan fingerprint density at radius 1 is 1.24 bits per heavy atom. The van der Waals surface area contributed by atoms with Crippen LogP contribution in [-0.2, 0) is 6.42 Å². The number of aliphatic hydroxyl groups is 1. The Morgan fingerprint density at radius 2 is 1.82 bits per heavy atom. The lowest BCUT2D eigenvalue weighted by Crippen LogP contribution is -2.40. The molecule has 1 aliphatic carbocycles. The van der Waals surface area contributed by atoms with E-state index in [1.165, 1.54) is 11.1 Å². The Bertz CT molecular complexity index is 350. The average Bonchev–Trinajstić information content (AvgIpc) is 2.40. The van der Waals surface area contributed by atoms with Crippen LogP contribution >= 0.6 is 0 Å². The lowest BCUT2D eigenvalue weighted by molar-refractivity contribution is 0.00767. The maximum Gasteiger partial charge on any atom is 0.0769 e. The first-order valence-electron chi connectivity index (χ1n) is 6.68. The van der Waals surface area contributed by atoms with E-state index in [0.717, 1.165) is 32.1 Å². The van der Waals surface area contributed by atoms with Crippen molar-refractivity contribution in [2.75, 3.05) is 6.54 Å². The lowest BCUT2D eigenvalue weighted by atomic mass is 9.76. The van der Waals surface area contributed by atoms with E-state index in [2.05, 4.69) is 31.2 Å². The Labute approximate surface area is 104 Å². The van der Waals surface area contributed by atoms with Crippen LogP contribution in [0, 0.1) is 0 Å². The first-order chi connectivity index (χ1) is 8.17. The highest BCUT2D eigenvalue weighted by atomic mass is 16.3. The van der Waals surface area contributed by atoms with Crippen molar-refractivity contribution in [1.82, 2.24) is 0 Å². The molecule has 0 atom stereocenters. The van der Waals surface area contributed by atoms with Gasteiger partial charge in [0.25, 0.3) is 0 Å². The molecule has 1 aliphatic rings. The third-order valence-electron chi connectivity index (χ3n) is 4.16. The van der Waals surface area contributed by atoms with E-state index < -0.39 is 5.60 Å². The molecule has 0 aliphatic heterocycles. The largest absolute Gasteiger partial charge is 0.389 e. The van der Waals surface area contributed by atoms with Crippen molar-refractivity contribution in [1.29, 1.82) is 0 Å². The fourth-order valence-electron chi connectivity index (χ4n) is 2.72. The van der Waals surface area contributed by atoms with Crippen molar-refractivity contribution in [3.8, 4) is 0 Å². The first-order valence-corrected chi connectivity index (χ1v) is 6.68. The molecule has 3 N–H and O–H groups in total. The number of hydrogen-bond acceptors (Lipinski definition) is 2. The molecule has 0 saturated heterocycles. The summed E-state index contributed by atoms with van der Waals surface area (Å²) in [7, 11) is 0. The molecular weight excluding hydrogens is 210 g/mol. The van der Waals surface area contributed by atoms with E-state index in [4.69, 9.17) is 5.73 Å². The van der Waals surface area contributed by atoms with Gasteiger partial charge in [0.05, 0.1) is 5.60 Å². The second-order valence-corrected chi connectivity index (χ2v) is 5.30. The molecule has 94 valence electrons. The SMILES string of the molecule is CCc1ccc(C2CCC(O)(CN)CC2)cc1. The zero-order chi connectivity index (χ0) is 12.3. The molecule has 1 fully saturated rings. The van der Waals surface area contributed by atoms with Gasteiger partial charge in [0, 0.05) is 6.54 Å². The standard InChI is InChI=1S/C15H23NO/c1-2-12-3-5-13(6-4-12)14-7-9-15(17,11-16)10-8-14/h3-6,14,17H,2,7-11,16H2,1H3. The third kappa shape index (κ3) is 2.88. The van der Waals surface area contributed by atoms with Gasteiger partial charge in [-0.2, -0.15) is 0 Å². The summed E-state index contributed by atoms with van der Waals surface area (Å²) in [5, 5.41) is 10.1. The van der Waals surface area contributed by atoms with E-state index >= 15 is 0 Å². The Morgan fingerprint density at radius 3 is 2.29 bits per heavy atom. The fourth-order valence-corrected chi connectivity index (χ4v) is 2.72. The van der Waals surface area contributed by atoms with E-state index in [1.54, 1.807) is 0 Å². The predicted octanol–water partition coefficient (Wildman–Crippen LogP) is 2.60. The summed E-state index contributed by atoms with van der Waals surface area (Å²) in [5.41, 5.74) is 7.82. The number of hydrogen-bond donors (Lipinski definition) is 2. The topological polar surface area (TPSA) is 46.2 Å². The molecule has 2 rings (SSSR count). The summed E-state index contributed by atoms with van der Waals surface area (Å²) >= 11 is 0. The van der Waals surface area contributed by atoms with Crippen LogP contribution < -0.4 is 5.73 Å². The minimum absolute atomic E-state index is 0.397. The van der Waals surface area contributed by atoms with Crippen LogP contribution in [0.25, 0.3) is 0 Å². The minimum Gasteiger partial charge on any atom is -0.389 e. The van der Waals surface area contributed by atoms with Crippen molar-refractivity contribution in [3.05, 3.63) is 35.4 Å². The van der Waals surface area contributed by atoms with Gasteiger partial charge >= 0.3 is 0 Å². The second kappa shape index (κ2) is 5.19. The van der Waals surface area contributed by atoms with E-state index in [0.29, 0.717) is 12.5 Å². The number of benzene rings is 1. The average molecular weight is 233 g/mol. The molecule has 0 heterocycles. The minimum atomic E-state index is -0.597. The Kier molecular flexibility index (Phi) is 3.85. The van der Waals surface area contributed by atoms with Crippen LogP contribution in [0.1, 0.15) is 49.7 Å². The van der Waals surface area contributed by atoms with Crippen LogP contribution in [0.4, 0.5) is 0 Å². The smallest absolute Gasteiger partial charge is 0.0769 e. The number of nitrogens with two attached hydrogens (primary N) is 1. The van der Waals surface area contributed by atoms with E-state index in [1.807, 2.05) is 0 Å². The summed E-state index contributed by atoms with van der Waals surface area (Å²) in [4.78, 5) is 0. The van der Waals surface area contributed by atoms with Crippen molar-refractivity contribution in [2.45, 2.75) is 50.5 Å². The molecule has 1 aromatic carbocycles. The van der Waals surface area contributed by atoms with Gasteiger partial charge in [-0.1, -0.05) is 31.2 Å². The molecule has 1 saturated carbocycles. The van der Waals surface area contributed by atoms with Crippen LogP contribution in [0.5, 0.6) is 0 Å². The van der Waals surface area contributed by atoms with Crippen LogP contribution in [-0.4, -0.2) is 17.3 Å². The van der Waals surface area contributed by atoms with Crippen LogP contribution in [0.15, 0.2) is 24.3 Å². The predicted molar refractivity (Wildman–Crippen MR) is 71.0 cm³/mol. The van der Waals surface area contributed by atoms with Gasteiger partial charge in [0.2, 0.25) is 0 Å². The summed E-state index contributed by atoms with van der Waals surface area (Å²) in [6.07, 6.45) is 4.88. The van der Waals surface area contributed by atoms with Crippen molar-refractivity contribution < 1.29 is 5.11 Å². The zero-order valence-electron chi connectivity index (χ0n) is 10.7. The number of aryl methyl sites for hydroxylation is 1. The van der Waals surface area contributed by atoms with Crippen molar-refractivity contribution in [3.63, 3.8) is 0 Å². The molecule has 0 aromatic heterocycles. The molecule has 17 heavy (non-hydrogen) atoms. The first kappa shape index (κ1) is 12.6. The molecule has 0 spiro atoms. The summed E-state index contributed by atoms with van der Waals surface area (Å²) in [6, 6.07) is 8.94. The van der Waals surface area contributed by atoms with Gasteiger partial charge in [-0.3, -0.25) is 0 Å². The van der Waals surface area contributed by atoms with Gasteiger partial charge in [-0.25, -0.2) is 0 Å². The van der Waals surface area contributed by atoms with Crippen LogP contribution in [0.3, 0.4) is 0 Å². The van der Waals surface area contributed by atoms with Crippen molar-refractivity contribution >= 4 is 0 Å². The highest BCUT2D eigenvalue weighted by Gasteiger charge is 2.32. The highest BCUT2D eigenvalue weighted by molar-refractivity contribution is 5.26. The third-order valence-corrected chi connectivity index (χ3v) is 4.16. The monoisotopic (exact) mass is 233 g/mol. The van der Waals surface area contributed by atoms with Gasteiger partial charge in [-0.15, -0.1) is 0 Å². The van der Waals surface area contributed by atoms with Gasteiger partial charge < -0.3 is 10.8 Å². The highest BCUT2D eigenvalue weighted by Crippen LogP contribution is 2.37. The summed E-state index contributed by atoms with van der Waals surface area (Å²) < 4.78 is 0. The van der Waals surface area contributed by atoms with Gasteiger partial charge in [0.15, 0.2) is 0 Å². The molecule has 0 radical (unpaired) electrons. The van der Waals surface area contributed by atoms with Crippen LogP contribution in [0.2, 0.25) is 0 Å². The van der Waals surface area contributed by atoms with E-state index in [9.17, 15) is 5.11 Å². The maximum atomic E-state index is 10.1. The molecule has 0 bridgehead atoms. The Hall–Kier alpha value is -0.860. The molecule has 2 heteroatoms. The molecular formula is C15H23NO. The molecule has 0 unspecified atom stereocenters. The second-order valence-electron chi connectivity index (χ2n) is 5.30. The summed E-state index contributed by atoms with van der Waals surface area (Å²) in [5.74, 6) is 0.604. The fraction of sp³-hybridized carbons (Fsp3) is 0.600. The summed E-state index contributed by atoms with van der Waals surface area (Å²) in [6.45, 7) is 2.57. The Balaban J connectivity index is 2.00. The lowest BCUT2D eigenvalue weighted by Gasteiger charge is -2.35. The quantitative estimate of drug-likeness (QED) is 0.843. The number of rotatable bonds is 3. The normalized spacial score (nSPS) is 29.2. The molecule has 2 nitrogen and oxygen atoms in total. The van der Waals surface area contributed by atoms with Crippen molar-refractivity contribution in [2.24, 2.45) is 5.73 Å². The maximum absolute atomic E-state index is 10.1. The zero-order valence-corrected chi connectivity index (χ0v) is 10.7. The van der Waals surface area contributed by atoms with Gasteiger partial charge in [-0.05, 0) is 49.1 Å². The molecule has 1 aromatic rings. The van der Waals surface area contributed by atoms with Gasteiger partial charge in [0.1, 0.15) is 0 Å². The van der Waals surface area contributed by atoms with E-state index in [-0.39, 0.29) is 0 Å². The molecule has 0 amide bonds.